The van der Waals surface area contributed by atoms with Gasteiger partial charge < -0.3 is 15.0 Å². The molecular formula is C24H31ClN2O3. The van der Waals surface area contributed by atoms with E-state index in [4.69, 9.17) is 16.3 Å². The minimum atomic E-state index is -0.577. The van der Waals surface area contributed by atoms with Gasteiger partial charge in [-0.05, 0) is 37.0 Å². The molecule has 0 bridgehead atoms. The van der Waals surface area contributed by atoms with E-state index in [1.807, 2.05) is 52.0 Å². The number of aryl methyl sites for hydroxylation is 1. The van der Waals surface area contributed by atoms with E-state index in [2.05, 4.69) is 5.32 Å². The van der Waals surface area contributed by atoms with Crippen LogP contribution in [0.5, 0.6) is 5.75 Å². The third-order valence-electron chi connectivity index (χ3n) is 4.69. The molecule has 0 spiro atoms. The molecule has 6 heteroatoms. The number of halogens is 1. The molecule has 2 amide bonds. The smallest absolute Gasteiger partial charge is 0.261 e. The zero-order valence-electron chi connectivity index (χ0n) is 18.2. The first-order valence-electron chi connectivity index (χ1n) is 10.3. The van der Waals surface area contributed by atoms with Gasteiger partial charge in [-0.3, -0.25) is 9.59 Å². The molecule has 0 aliphatic carbocycles. The fourth-order valence-electron chi connectivity index (χ4n) is 3.13. The first-order chi connectivity index (χ1) is 14.3. The lowest BCUT2D eigenvalue weighted by Crippen LogP contribution is -2.50. The summed E-state index contributed by atoms with van der Waals surface area (Å²) in [4.78, 5) is 27.6. The molecule has 0 saturated carbocycles. The third kappa shape index (κ3) is 7.06. The molecule has 162 valence electrons. The zero-order valence-corrected chi connectivity index (χ0v) is 18.9. The van der Waals surface area contributed by atoms with Crippen LogP contribution < -0.4 is 10.1 Å². The quantitative estimate of drug-likeness (QED) is 0.598. The van der Waals surface area contributed by atoms with Crippen molar-refractivity contribution in [3.8, 4) is 5.75 Å². The van der Waals surface area contributed by atoms with E-state index in [1.165, 1.54) is 0 Å². The van der Waals surface area contributed by atoms with Gasteiger partial charge in [-0.1, -0.05) is 74.3 Å². The predicted molar refractivity (Wildman–Crippen MR) is 121 cm³/mol. The zero-order chi connectivity index (χ0) is 22.1. The second-order valence-electron chi connectivity index (χ2n) is 7.79. The molecular weight excluding hydrogens is 400 g/mol. The van der Waals surface area contributed by atoms with Gasteiger partial charge in [-0.2, -0.15) is 0 Å². The molecule has 30 heavy (non-hydrogen) atoms. The van der Waals surface area contributed by atoms with Crippen molar-refractivity contribution in [1.29, 1.82) is 0 Å². The number of nitrogens with one attached hydrogen (secondary N) is 1. The first-order valence-corrected chi connectivity index (χ1v) is 10.7. The molecule has 5 nitrogen and oxygen atoms in total. The Balaban J connectivity index is 2.21. The van der Waals surface area contributed by atoms with Crippen LogP contribution in [0.1, 0.15) is 38.3 Å². The van der Waals surface area contributed by atoms with Gasteiger partial charge in [0.05, 0.1) is 5.02 Å². The van der Waals surface area contributed by atoms with Crippen LogP contribution >= 0.6 is 11.6 Å². The van der Waals surface area contributed by atoms with Crippen LogP contribution in [0.25, 0.3) is 0 Å². The molecule has 1 unspecified atom stereocenters. The van der Waals surface area contributed by atoms with E-state index in [9.17, 15) is 9.59 Å². The van der Waals surface area contributed by atoms with Crippen molar-refractivity contribution >= 4 is 23.4 Å². The lowest BCUT2D eigenvalue weighted by Gasteiger charge is -2.31. The van der Waals surface area contributed by atoms with Crippen molar-refractivity contribution in [1.82, 2.24) is 10.2 Å². The van der Waals surface area contributed by atoms with Crippen LogP contribution in [-0.4, -0.2) is 35.9 Å². The lowest BCUT2D eigenvalue weighted by atomic mass is 10.1. The largest absolute Gasteiger partial charge is 0.482 e. The number of hydrogen-bond acceptors (Lipinski definition) is 3. The molecule has 2 rings (SSSR count). The Kier molecular flexibility index (Phi) is 9.18. The van der Waals surface area contributed by atoms with Crippen LogP contribution in [0.15, 0.2) is 48.5 Å². The van der Waals surface area contributed by atoms with Crippen molar-refractivity contribution in [3.05, 3.63) is 64.7 Å². The Morgan fingerprint density at radius 3 is 2.50 bits per heavy atom. The van der Waals surface area contributed by atoms with Gasteiger partial charge in [0.2, 0.25) is 5.91 Å². The second kappa shape index (κ2) is 11.6. The fourth-order valence-corrected chi connectivity index (χ4v) is 3.32. The molecule has 2 aromatic carbocycles. The maximum Gasteiger partial charge on any atom is 0.261 e. The van der Waals surface area contributed by atoms with Crippen LogP contribution in [0.3, 0.4) is 0 Å². The van der Waals surface area contributed by atoms with Gasteiger partial charge >= 0.3 is 0 Å². The number of carbonyl (C=O) groups is 2. The molecule has 1 atom stereocenters. The van der Waals surface area contributed by atoms with Gasteiger partial charge in [-0.25, -0.2) is 0 Å². The van der Waals surface area contributed by atoms with Gasteiger partial charge in [-0.15, -0.1) is 0 Å². The van der Waals surface area contributed by atoms with E-state index in [0.717, 1.165) is 11.1 Å². The molecule has 0 aromatic heterocycles. The van der Waals surface area contributed by atoms with E-state index in [1.54, 1.807) is 29.2 Å². The Labute approximate surface area is 184 Å². The summed E-state index contributed by atoms with van der Waals surface area (Å²) in [5.41, 5.74) is 2.07. The number of nitrogens with zero attached hydrogens (tertiary/aromatic N) is 1. The van der Waals surface area contributed by atoms with E-state index < -0.39 is 6.04 Å². The Morgan fingerprint density at radius 1 is 1.13 bits per heavy atom. The van der Waals surface area contributed by atoms with Crippen molar-refractivity contribution in [3.63, 3.8) is 0 Å². The van der Waals surface area contributed by atoms with Crippen LogP contribution in [0, 0.1) is 12.8 Å². The van der Waals surface area contributed by atoms with Crippen molar-refractivity contribution in [2.24, 2.45) is 5.92 Å². The van der Waals surface area contributed by atoms with E-state index >= 15 is 0 Å². The molecule has 0 fully saturated rings. The summed E-state index contributed by atoms with van der Waals surface area (Å²) in [6.07, 6.45) is 0.508. The minimum absolute atomic E-state index is 0.148. The Hall–Kier alpha value is -2.53. The van der Waals surface area contributed by atoms with E-state index in [0.29, 0.717) is 36.2 Å². The molecule has 1 N–H and O–H groups in total. The highest BCUT2D eigenvalue weighted by Gasteiger charge is 2.29. The minimum Gasteiger partial charge on any atom is -0.482 e. The summed E-state index contributed by atoms with van der Waals surface area (Å²) in [5, 5.41) is 3.40. The number of benzene rings is 2. The number of para-hydroxylation sites is 1. The summed E-state index contributed by atoms with van der Waals surface area (Å²) in [5.74, 6) is 0.365. The summed E-state index contributed by atoms with van der Waals surface area (Å²) in [6.45, 7) is 8.69. The highest BCUT2D eigenvalue weighted by atomic mass is 35.5. The monoisotopic (exact) mass is 430 g/mol. The van der Waals surface area contributed by atoms with Gasteiger partial charge in [0.15, 0.2) is 6.61 Å². The Morgan fingerprint density at radius 2 is 1.87 bits per heavy atom. The SMILES string of the molecule is CCC(C(=O)NCC(C)C)N(Cc1cccc(C)c1)C(=O)COc1ccccc1Cl. The molecule has 0 radical (unpaired) electrons. The van der Waals surface area contributed by atoms with Gasteiger partial charge in [0, 0.05) is 13.1 Å². The van der Waals surface area contributed by atoms with Crippen LogP contribution in [0.2, 0.25) is 5.02 Å². The first kappa shape index (κ1) is 23.7. The van der Waals surface area contributed by atoms with Crippen molar-refractivity contribution in [2.75, 3.05) is 13.2 Å². The fraction of sp³-hybridized carbons (Fsp3) is 0.417. The lowest BCUT2D eigenvalue weighted by molar-refractivity contribution is -0.143. The number of ether oxygens (including phenoxy) is 1. The number of hydrogen-bond donors (Lipinski definition) is 1. The number of rotatable bonds is 10. The molecule has 0 heterocycles. The molecule has 0 saturated heterocycles. The Bertz CT molecular complexity index is 854. The van der Waals surface area contributed by atoms with Gasteiger partial charge in [0.25, 0.3) is 5.91 Å². The predicted octanol–water partition coefficient (Wildman–Crippen LogP) is 4.61. The summed E-state index contributed by atoms with van der Waals surface area (Å²) in [7, 11) is 0. The average Bonchev–Trinajstić information content (AvgIpc) is 2.71. The number of amides is 2. The average molecular weight is 431 g/mol. The van der Waals surface area contributed by atoms with Crippen molar-refractivity contribution in [2.45, 2.75) is 46.7 Å². The highest BCUT2D eigenvalue weighted by molar-refractivity contribution is 6.32. The van der Waals surface area contributed by atoms with Gasteiger partial charge in [0.1, 0.15) is 11.8 Å². The molecule has 0 aliphatic heterocycles. The number of carbonyl (C=O) groups excluding carboxylic acids is 2. The summed E-state index contributed by atoms with van der Waals surface area (Å²) < 4.78 is 5.66. The van der Waals surface area contributed by atoms with Crippen LogP contribution in [-0.2, 0) is 16.1 Å². The maximum absolute atomic E-state index is 13.1. The standard InChI is InChI=1S/C24H31ClN2O3/c1-5-21(24(29)26-14-17(2)3)27(15-19-10-8-9-18(4)13-19)23(28)16-30-22-12-7-6-11-20(22)25/h6-13,17,21H,5,14-16H2,1-4H3,(H,26,29). The van der Waals surface area contributed by atoms with Crippen LogP contribution in [0.4, 0.5) is 0 Å². The summed E-state index contributed by atoms with van der Waals surface area (Å²) >= 11 is 6.13. The topological polar surface area (TPSA) is 58.6 Å². The third-order valence-corrected chi connectivity index (χ3v) is 5.01. The second-order valence-corrected chi connectivity index (χ2v) is 8.20. The summed E-state index contributed by atoms with van der Waals surface area (Å²) in [6, 6.07) is 14.4. The van der Waals surface area contributed by atoms with Crippen molar-refractivity contribution < 1.29 is 14.3 Å². The maximum atomic E-state index is 13.1. The van der Waals surface area contributed by atoms with E-state index in [-0.39, 0.29) is 18.4 Å². The normalized spacial score (nSPS) is 11.8. The highest BCUT2D eigenvalue weighted by Crippen LogP contribution is 2.23. The molecule has 2 aromatic rings. The molecule has 0 aliphatic rings.